The predicted molar refractivity (Wildman–Crippen MR) is 93.3 cm³/mol. The molecule has 1 atom stereocenters. The van der Waals surface area contributed by atoms with Crippen molar-refractivity contribution < 1.29 is 4.79 Å². The molecule has 0 aromatic heterocycles. The normalized spacial score (nSPS) is 22.7. The van der Waals surface area contributed by atoms with E-state index in [1.165, 1.54) is 32.1 Å². The van der Waals surface area contributed by atoms with Crippen LogP contribution in [0.2, 0.25) is 0 Å². The van der Waals surface area contributed by atoms with Crippen molar-refractivity contribution in [2.45, 2.75) is 50.6 Å². The summed E-state index contributed by atoms with van der Waals surface area (Å²) in [5.41, 5.74) is 1.37. The number of benzene rings is 1. The predicted octanol–water partition coefficient (Wildman–Crippen LogP) is 2.47. The third-order valence-electron chi connectivity index (χ3n) is 5.48. The summed E-state index contributed by atoms with van der Waals surface area (Å²) in [6, 6.07) is 10.2. The smallest absolute Gasteiger partial charge is 0.234 e. The number of carbonyl (C=O) groups is 1. The molecular formula is C19H29N3O. The van der Waals surface area contributed by atoms with E-state index < -0.39 is 0 Å². The first-order valence-electron chi connectivity index (χ1n) is 9.00. The number of hydrogen-bond acceptors (Lipinski definition) is 3. The standard InChI is InChI=1S/C19H29N3O/c1-16(17-8-4-2-5-9-17)21-18(23)14-22-13-12-20-15-19(22)10-6-3-7-11-19/h2,4-5,8-9,16,20H,3,6-7,10-15H2,1H3,(H,21,23). The maximum Gasteiger partial charge on any atom is 0.234 e. The molecule has 23 heavy (non-hydrogen) atoms. The molecule has 1 aromatic rings. The molecule has 1 saturated heterocycles. The second-order valence-electron chi connectivity index (χ2n) is 7.08. The van der Waals surface area contributed by atoms with Crippen LogP contribution in [0.3, 0.4) is 0 Å². The van der Waals surface area contributed by atoms with E-state index in [-0.39, 0.29) is 17.5 Å². The minimum Gasteiger partial charge on any atom is -0.348 e. The van der Waals surface area contributed by atoms with Crippen molar-refractivity contribution >= 4 is 5.91 Å². The summed E-state index contributed by atoms with van der Waals surface area (Å²) in [4.78, 5) is 15.0. The van der Waals surface area contributed by atoms with Crippen molar-refractivity contribution in [1.82, 2.24) is 15.5 Å². The minimum absolute atomic E-state index is 0.0638. The third kappa shape index (κ3) is 3.93. The lowest BCUT2D eigenvalue weighted by atomic mass is 9.79. The SMILES string of the molecule is CC(NC(=O)CN1CCNCC12CCCCC2)c1ccccc1. The van der Waals surface area contributed by atoms with Gasteiger partial charge < -0.3 is 10.6 Å². The molecule has 1 aliphatic heterocycles. The van der Waals surface area contributed by atoms with Crippen LogP contribution in [-0.4, -0.2) is 42.5 Å². The molecule has 2 N–H and O–H groups in total. The molecule has 1 aromatic carbocycles. The quantitative estimate of drug-likeness (QED) is 0.897. The number of amides is 1. The molecule has 4 heteroatoms. The lowest BCUT2D eigenvalue weighted by Crippen LogP contribution is -2.63. The zero-order chi connectivity index (χ0) is 16.1. The van der Waals surface area contributed by atoms with Crippen LogP contribution in [0.4, 0.5) is 0 Å². The van der Waals surface area contributed by atoms with Gasteiger partial charge >= 0.3 is 0 Å². The van der Waals surface area contributed by atoms with Gasteiger partial charge in [0, 0.05) is 25.2 Å². The Morgan fingerprint density at radius 1 is 1.26 bits per heavy atom. The van der Waals surface area contributed by atoms with Crippen molar-refractivity contribution in [3.05, 3.63) is 35.9 Å². The Hall–Kier alpha value is -1.39. The van der Waals surface area contributed by atoms with Crippen LogP contribution in [0.25, 0.3) is 0 Å². The van der Waals surface area contributed by atoms with Crippen LogP contribution in [0, 0.1) is 0 Å². The molecule has 0 bridgehead atoms. The molecule has 126 valence electrons. The van der Waals surface area contributed by atoms with Gasteiger partial charge in [-0.05, 0) is 25.3 Å². The third-order valence-corrected chi connectivity index (χ3v) is 5.48. The first-order chi connectivity index (χ1) is 11.2. The molecule has 1 amide bonds. The van der Waals surface area contributed by atoms with Crippen molar-refractivity contribution in [1.29, 1.82) is 0 Å². The summed E-state index contributed by atoms with van der Waals surface area (Å²) in [6.45, 7) is 5.59. The average molecular weight is 315 g/mol. The van der Waals surface area contributed by atoms with Gasteiger partial charge in [-0.1, -0.05) is 49.6 Å². The van der Waals surface area contributed by atoms with E-state index in [2.05, 4.69) is 34.6 Å². The van der Waals surface area contributed by atoms with Gasteiger partial charge in [-0.25, -0.2) is 0 Å². The lowest BCUT2D eigenvalue weighted by Gasteiger charge is -2.49. The molecule has 2 fully saturated rings. The highest BCUT2D eigenvalue weighted by Crippen LogP contribution is 2.34. The van der Waals surface area contributed by atoms with E-state index in [1.807, 2.05) is 18.2 Å². The van der Waals surface area contributed by atoms with E-state index in [1.54, 1.807) is 0 Å². The fraction of sp³-hybridized carbons (Fsp3) is 0.632. The Kier molecular flexibility index (Phi) is 5.34. The van der Waals surface area contributed by atoms with Gasteiger partial charge in [0.1, 0.15) is 0 Å². The van der Waals surface area contributed by atoms with Crippen molar-refractivity contribution in [2.24, 2.45) is 0 Å². The molecule has 1 spiro atoms. The average Bonchev–Trinajstić information content (AvgIpc) is 2.59. The summed E-state index contributed by atoms with van der Waals surface area (Å²) in [5, 5.41) is 6.71. The van der Waals surface area contributed by atoms with Crippen LogP contribution in [0.1, 0.15) is 50.6 Å². The number of nitrogens with one attached hydrogen (secondary N) is 2. The maximum atomic E-state index is 12.5. The topological polar surface area (TPSA) is 44.4 Å². The molecule has 1 unspecified atom stereocenters. The van der Waals surface area contributed by atoms with Gasteiger partial charge in [0.15, 0.2) is 0 Å². The number of hydrogen-bond donors (Lipinski definition) is 2. The Bertz CT molecular complexity index is 502. The molecule has 3 rings (SSSR count). The second kappa shape index (κ2) is 7.45. The minimum atomic E-state index is 0.0638. The maximum absolute atomic E-state index is 12.5. The lowest BCUT2D eigenvalue weighted by molar-refractivity contribution is -0.125. The summed E-state index contributed by atoms with van der Waals surface area (Å²) in [6.07, 6.45) is 6.37. The fourth-order valence-electron chi connectivity index (χ4n) is 4.12. The molecule has 1 saturated carbocycles. The van der Waals surface area contributed by atoms with E-state index in [0.717, 1.165) is 25.2 Å². The number of rotatable bonds is 4. The summed E-state index contributed by atoms with van der Waals surface area (Å²) >= 11 is 0. The summed E-state index contributed by atoms with van der Waals surface area (Å²) in [7, 11) is 0. The van der Waals surface area contributed by atoms with Gasteiger partial charge in [-0.2, -0.15) is 0 Å². The highest BCUT2D eigenvalue weighted by Gasteiger charge is 2.40. The first-order valence-corrected chi connectivity index (χ1v) is 9.00. The van der Waals surface area contributed by atoms with Crippen molar-refractivity contribution in [3.63, 3.8) is 0 Å². The second-order valence-corrected chi connectivity index (χ2v) is 7.08. The number of carbonyl (C=O) groups excluding carboxylic acids is 1. The molecule has 0 radical (unpaired) electrons. The molecular weight excluding hydrogens is 286 g/mol. The zero-order valence-corrected chi connectivity index (χ0v) is 14.2. The Morgan fingerprint density at radius 3 is 2.74 bits per heavy atom. The van der Waals surface area contributed by atoms with Crippen LogP contribution >= 0.6 is 0 Å². The van der Waals surface area contributed by atoms with Gasteiger partial charge in [0.25, 0.3) is 0 Å². The van der Waals surface area contributed by atoms with Gasteiger partial charge in [-0.3, -0.25) is 9.69 Å². The molecule has 1 heterocycles. The van der Waals surface area contributed by atoms with E-state index in [9.17, 15) is 4.79 Å². The molecule has 1 aliphatic carbocycles. The van der Waals surface area contributed by atoms with Crippen LogP contribution in [0.5, 0.6) is 0 Å². The van der Waals surface area contributed by atoms with Gasteiger partial charge in [0.05, 0.1) is 12.6 Å². The number of nitrogens with zero attached hydrogens (tertiary/aromatic N) is 1. The van der Waals surface area contributed by atoms with Crippen molar-refractivity contribution in [2.75, 3.05) is 26.2 Å². The van der Waals surface area contributed by atoms with E-state index in [4.69, 9.17) is 0 Å². The highest BCUT2D eigenvalue weighted by atomic mass is 16.2. The summed E-state index contributed by atoms with van der Waals surface area (Å²) < 4.78 is 0. The Balaban J connectivity index is 1.59. The van der Waals surface area contributed by atoms with Crippen molar-refractivity contribution in [3.8, 4) is 0 Å². The van der Waals surface area contributed by atoms with Gasteiger partial charge in [-0.15, -0.1) is 0 Å². The Labute approximate surface area is 139 Å². The van der Waals surface area contributed by atoms with Crippen LogP contribution in [0.15, 0.2) is 30.3 Å². The summed E-state index contributed by atoms with van der Waals surface area (Å²) in [5.74, 6) is 0.146. The number of piperazine rings is 1. The highest BCUT2D eigenvalue weighted by molar-refractivity contribution is 5.78. The van der Waals surface area contributed by atoms with E-state index in [0.29, 0.717) is 6.54 Å². The van der Waals surface area contributed by atoms with Gasteiger partial charge in [0.2, 0.25) is 5.91 Å². The van der Waals surface area contributed by atoms with E-state index >= 15 is 0 Å². The van der Waals surface area contributed by atoms with Crippen LogP contribution < -0.4 is 10.6 Å². The first kappa shape index (κ1) is 16.5. The fourth-order valence-corrected chi connectivity index (χ4v) is 4.12. The van der Waals surface area contributed by atoms with Crippen LogP contribution in [-0.2, 0) is 4.79 Å². The zero-order valence-electron chi connectivity index (χ0n) is 14.2. The largest absolute Gasteiger partial charge is 0.348 e. The monoisotopic (exact) mass is 315 g/mol. The molecule has 2 aliphatic rings. The Morgan fingerprint density at radius 2 is 2.00 bits per heavy atom. The molecule has 4 nitrogen and oxygen atoms in total.